The molecule has 0 fully saturated rings. The number of nitrogens with zero attached hydrogens (tertiary/aromatic N) is 1. The number of hydrazine groups is 1. The summed E-state index contributed by atoms with van der Waals surface area (Å²) < 4.78 is 5.98. The summed E-state index contributed by atoms with van der Waals surface area (Å²) in [5.74, 6) is 6.14. The Morgan fingerprint density at radius 3 is 2.88 bits per heavy atom. The normalized spacial score (nSPS) is 11.6. The molecule has 0 aliphatic heterocycles. The molecule has 1 aromatic carbocycles. The molecule has 4 nitrogen and oxygen atoms in total. The fourth-order valence-electron chi connectivity index (χ4n) is 1.35. The smallest absolute Gasteiger partial charge is 0.142 e. The summed E-state index contributed by atoms with van der Waals surface area (Å²) in [4.78, 5) is 4.33. The van der Waals surface area contributed by atoms with E-state index in [0.717, 1.165) is 15.6 Å². The maximum atomic E-state index is 5.46. The Kier molecular flexibility index (Phi) is 5.45. The summed E-state index contributed by atoms with van der Waals surface area (Å²) in [5, 5.41) is 0. The van der Waals surface area contributed by atoms with Gasteiger partial charge in [0.2, 0.25) is 0 Å². The van der Waals surface area contributed by atoms with Gasteiger partial charge >= 0.3 is 0 Å². The van der Waals surface area contributed by atoms with Crippen LogP contribution in [-0.4, -0.2) is 26.1 Å². The highest BCUT2D eigenvalue weighted by molar-refractivity contribution is 9.10. The van der Waals surface area contributed by atoms with Crippen LogP contribution in [0.2, 0.25) is 0 Å². The summed E-state index contributed by atoms with van der Waals surface area (Å²) >= 11 is 3.42. The zero-order valence-corrected chi connectivity index (χ0v) is 11.0. The molecule has 0 atom stereocenters. The number of benzene rings is 1. The van der Waals surface area contributed by atoms with Crippen molar-refractivity contribution in [1.82, 2.24) is 5.43 Å². The maximum absolute atomic E-state index is 5.46. The van der Waals surface area contributed by atoms with Crippen molar-refractivity contribution < 1.29 is 4.74 Å². The van der Waals surface area contributed by atoms with Gasteiger partial charge in [-0.15, -0.1) is 0 Å². The van der Waals surface area contributed by atoms with Crippen molar-refractivity contribution in [2.45, 2.75) is 6.92 Å². The largest absolute Gasteiger partial charge is 0.383 e. The Labute approximate surface area is 104 Å². The first-order valence-corrected chi connectivity index (χ1v) is 5.75. The number of hydrogen-bond acceptors (Lipinski definition) is 3. The van der Waals surface area contributed by atoms with Crippen LogP contribution < -0.4 is 11.3 Å². The quantitative estimate of drug-likeness (QED) is 0.291. The van der Waals surface area contributed by atoms with Crippen LogP contribution in [0.5, 0.6) is 0 Å². The summed E-state index contributed by atoms with van der Waals surface area (Å²) in [5.41, 5.74) is 4.73. The highest BCUT2D eigenvalue weighted by atomic mass is 79.9. The molecule has 0 unspecified atom stereocenters. The number of amidine groups is 1. The molecule has 1 aromatic rings. The molecular formula is C11H16BrN3O. The molecule has 0 bridgehead atoms. The number of ether oxygens (including phenoxy) is 1. The third-order valence-corrected chi connectivity index (χ3v) is 2.64. The molecule has 16 heavy (non-hydrogen) atoms. The van der Waals surface area contributed by atoms with Gasteiger partial charge in [-0.25, -0.2) is 5.84 Å². The van der Waals surface area contributed by atoms with Crippen LogP contribution in [0, 0.1) is 6.92 Å². The van der Waals surface area contributed by atoms with E-state index in [0.29, 0.717) is 19.0 Å². The standard InChI is InChI=1S/C11H16BrN3O/c1-8-7-9(12)3-4-10(8)11(15-13)14-5-6-16-2/h3-4,7H,5-6,13H2,1-2H3,(H,14,15). The first-order valence-electron chi connectivity index (χ1n) is 4.95. The minimum absolute atomic E-state index is 0.584. The van der Waals surface area contributed by atoms with E-state index in [1.165, 1.54) is 0 Å². The summed E-state index contributed by atoms with van der Waals surface area (Å²) in [6, 6.07) is 5.97. The van der Waals surface area contributed by atoms with E-state index in [-0.39, 0.29) is 0 Å². The Morgan fingerprint density at radius 1 is 1.56 bits per heavy atom. The molecule has 0 aliphatic carbocycles. The number of rotatable bonds is 4. The van der Waals surface area contributed by atoms with Crippen molar-refractivity contribution in [1.29, 1.82) is 0 Å². The lowest BCUT2D eigenvalue weighted by Crippen LogP contribution is -2.32. The van der Waals surface area contributed by atoms with Crippen molar-refractivity contribution in [3.8, 4) is 0 Å². The van der Waals surface area contributed by atoms with Crippen molar-refractivity contribution in [2.24, 2.45) is 10.8 Å². The van der Waals surface area contributed by atoms with Gasteiger partial charge in [0.05, 0.1) is 13.2 Å². The van der Waals surface area contributed by atoms with Gasteiger partial charge in [-0.1, -0.05) is 15.9 Å². The third kappa shape index (κ3) is 3.59. The molecule has 3 N–H and O–H groups in total. The highest BCUT2D eigenvalue weighted by Gasteiger charge is 2.05. The van der Waals surface area contributed by atoms with Crippen molar-refractivity contribution in [2.75, 3.05) is 20.3 Å². The number of hydrogen-bond donors (Lipinski definition) is 2. The van der Waals surface area contributed by atoms with Crippen LogP contribution in [0.25, 0.3) is 0 Å². The van der Waals surface area contributed by atoms with Gasteiger partial charge < -0.3 is 10.2 Å². The Bertz CT molecular complexity index is 379. The van der Waals surface area contributed by atoms with Crippen LogP contribution in [0.15, 0.2) is 27.7 Å². The van der Waals surface area contributed by atoms with Gasteiger partial charge in [-0.2, -0.15) is 0 Å². The summed E-state index contributed by atoms with van der Waals surface area (Å²) in [7, 11) is 1.65. The third-order valence-electron chi connectivity index (χ3n) is 2.15. The first-order chi connectivity index (χ1) is 7.69. The van der Waals surface area contributed by atoms with Crippen LogP contribution in [0.4, 0.5) is 0 Å². The van der Waals surface area contributed by atoms with Crippen LogP contribution in [0.3, 0.4) is 0 Å². The van der Waals surface area contributed by atoms with Crippen molar-refractivity contribution in [3.63, 3.8) is 0 Å². The fourth-order valence-corrected chi connectivity index (χ4v) is 1.83. The Balaban J connectivity index is 2.90. The first kappa shape index (κ1) is 13.2. The molecule has 0 aliphatic rings. The Morgan fingerprint density at radius 2 is 2.31 bits per heavy atom. The van der Waals surface area contributed by atoms with Gasteiger partial charge in [0, 0.05) is 17.1 Å². The summed E-state index contributed by atoms with van der Waals surface area (Å²) in [6.45, 7) is 3.19. The lowest BCUT2D eigenvalue weighted by atomic mass is 10.1. The zero-order chi connectivity index (χ0) is 12.0. The number of nitrogens with two attached hydrogens (primary N) is 1. The van der Waals surface area contributed by atoms with E-state index >= 15 is 0 Å². The average Bonchev–Trinajstić information content (AvgIpc) is 2.26. The van der Waals surface area contributed by atoms with Crippen LogP contribution >= 0.6 is 15.9 Å². The van der Waals surface area contributed by atoms with E-state index < -0.39 is 0 Å². The van der Waals surface area contributed by atoms with Gasteiger partial charge in [0.15, 0.2) is 0 Å². The van der Waals surface area contributed by atoms with Crippen LogP contribution in [0.1, 0.15) is 11.1 Å². The molecular weight excluding hydrogens is 270 g/mol. The number of halogens is 1. The number of aryl methyl sites for hydroxylation is 1. The predicted octanol–water partition coefficient (Wildman–Crippen LogP) is 1.61. The molecule has 0 amide bonds. The van der Waals surface area contributed by atoms with Crippen molar-refractivity contribution >= 4 is 21.8 Å². The van der Waals surface area contributed by atoms with Crippen molar-refractivity contribution in [3.05, 3.63) is 33.8 Å². The minimum atomic E-state index is 0.584. The van der Waals surface area contributed by atoms with Gasteiger partial charge in [-0.3, -0.25) is 4.99 Å². The molecule has 5 heteroatoms. The van der Waals surface area contributed by atoms with E-state index in [9.17, 15) is 0 Å². The van der Waals surface area contributed by atoms with Gasteiger partial charge in [-0.05, 0) is 30.7 Å². The van der Waals surface area contributed by atoms with E-state index in [1.807, 2.05) is 25.1 Å². The molecule has 1 rings (SSSR count). The fraction of sp³-hybridized carbons (Fsp3) is 0.364. The lowest BCUT2D eigenvalue weighted by Gasteiger charge is -2.09. The number of aliphatic imine (C=N–C) groups is 1. The second kappa shape index (κ2) is 6.62. The molecule has 0 saturated carbocycles. The monoisotopic (exact) mass is 285 g/mol. The predicted molar refractivity (Wildman–Crippen MR) is 69.5 cm³/mol. The van der Waals surface area contributed by atoms with Gasteiger partial charge in [0.1, 0.15) is 5.84 Å². The molecule has 0 radical (unpaired) electrons. The van der Waals surface area contributed by atoms with Crippen LogP contribution in [-0.2, 0) is 4.74 Å². The second-order valence-electron chi connectivity index (χ2n) is 3.33. The second-order valence-corrected chi connectivity index (χ2v) is 4.24. The highest BCUT2D eigenvalue weighted by Crippen LogP contribution is 2.15. The summed E-state index contributed by atoms with van der Waals surface area (Å²) in [6.07, 6.45) is 0. The van der Waals surface area contributed by atoms with E-state index in [1.54, 1.807) is 7.11 Å². The Hall–Kier alpha value is -0.910. The topological polar surface area (TPSA) is 59.6 Å². The maximum Gasteiger partial charge on any atom is 0.142 e. The van der Waals surface area contributed by atoms with Gasteiger partial charge in [0.25, 0.3) is 0 Å². The lowest BCUT2D eigenvalue weighted by molar-refractivity contribution is 0.208. The number of nitrogens with one attached hydrogen (secondary N) is 1. The molecule has 0 heterocycles. The average molecular weight is 286 g/mol. The zero-order valence-electron chi connectivity index (χ0n) is 9.46. The van der Waals surface area contributed by atoms with E-state index in [2.05, 4.69) is 26.3 Å². The molecule has 88 valence electrons. The van der Waals surface area contributed by atoms with E-state index in [4.69, 9.17) is 10.6 Å². The SMILES string of the molecule is COCCN=C(NN)c1ccc(Br)cc1C. The molecule has 0 aromatic heterocycles. The minimum Gasteiger partial charge on any atom is -0.383 e. The molecule has 0 saturated heterocycles. The number of methoxy groups -OCH3 is 1. The molecule has 0 spiro atoms.